The number of rotatable bonds is 4. The Morgan fingerprint density at radius 2 is 1.74 bits per heavy atom. The molecule has 2 N–H and O–H groups in total. The SMILES string of the molecule is CC(C)(C)OC(=O)NCCC(=O)Nc1cccc2ccccc12. The number of amides is 2. The summed E-state index contributed by atoms with van der Waals surface area (Å²) in [5, 5.41) is 7.50. The third-order valence-electron chi connectivity index (χ3n) is 3.08. The van der Waals surface area contributed by atoms with Gasteiger partial charge in [-0.3, -0.25) is 4.79 Å². The zero-order valence-electron chi connectivity index (χ0n) is 13.7. The highest BCUT2D eigenvalue weighted by molar-refractivity contribution is 6.02. The molecule has 5 heteroatoms. The first-order chi connectivity index (χ1) is 10.8. The number of hydrogen-bond donors (Lipinski definition) is 2. The van der Waals surface area contributed by atoms with Gasteiger partial charge < -0.3 is 15.4 Å². The van der Waals surface area contributed by atoms with E-state index in [-0.39, 0.29) is 18.9 Å². The van der Waals surface area contributed by atoms with Crippen LogP contribution in [0.15, 0.2) is 42.5 Å². The van der Waals surface area contributed by atoms with Gasteiger partial charge in [-0.1, -0.05) is 36.4 Å². The lowest BCUT2D eigenvalue weighted by Gasteiger charge is -2.19. The Bertz CT molecular complexity index is 699. The van der Waals surface area contributed by atoms with Crippen molar-refractivity contribution in [2.24, 2.45) is 0 Å². The van der Waals surface area contributed by atoms with Crippen molar-refractivity contribution in [3.63, 3.8) is 0 Å². The highest BCUT2D eigenvalue weighted by Crippen LogP contribution is 2.22. The largest absolute Gasteiger partial charge is 0.444 e. The molecular formula is C18H22N2O3. The van der Waals surface area contributed by atoms with Gasteiger partial charge in [-0.05, 0) is 32.2 Å². The van der Waals surface area contributed by atoms with Crippen LogP contribution in [0.5, 0.6) is 0 Å². The summed E-state index contributed by atoms with van der Waals surface area (Å²) in [6, 6.07) is 13.6. The first kappa shape index (κ1) is 16.8. The Hall–Kier alpha value is -2.56. The van der Waals surface area contributed by atoms with Gasteiger partial charge in [-0.2, -0.15) is 0 Å². The monoisotopic (exact) mass is 314 g/mol. The second-order valence-electron chi connectivity index (χ2n) is 6.25. The minimum Gasteiger partial charge on any atom is -0.444 e. The number of fused-ring (bicyclic) bond motifs is 1. The number of alkyl carbamates (subject to hydrolysis) is 1. The van der Waals surface area contributed by atoms with Crippen molar-refractivity contribution in [2.75, 3.05) is 11.9 Å². The number of carbonyl (C=O) groups excluding carboxylic acids is 2. The molecule has 0 bridgehead atoms. The van der Waals surface area contributed by atoms with E-state index in [1.54, 1.807) is 20.8 Å². The number of anilines is 1. The van der Waals surface area contributed by atoms with Crippen LogP contribution in [-0.2, 0) is 9.53 Å². The van der Waals surface area contributed by atoms with Crippen molar-refractivity contribution in [3.8, 4) is 0 Å². The third kappa shape index (κ3) is 5.29. The van der Waals surface area contributed by atoms with Gasteiger partial charge in [-0.25, -0.2) is 4.79 Å². The topological polar surface area (TPSA) is 67.4 Å². The second kappa shape index (κ2) is 7.13. The summed E-state index contributed by atoms with van der Waals surface area (Å²) >= 11 is 0. The molecule has 23 heavy (non-hydrogen) atoms. The van der Waals surface area contributed by atoms with Crippen molar-refractivity contribution in [1.82, 2.24) is 5.32 Å². The van der Waals surface area contributed by atoms with E-state index in [9.17, 15) is 9.59 Å². The maximum atomic E-state index is 12.0. The van der Waals surface area contributed by atoms with Crippen molar-refractivity contribution in [2.45, 2.75) is 32.8 Å². The van der Waals surface area contributed by atoms with Crippen LogP contribution in [0, 0.1) is 0 Å². The molecule has 0 saturated carbocycles. The molecule has 2 rings (SSSR count). The summed E-state index contributed by atoms with van der Waals surface area (Å²) in [6.07, 6.45) is -0.335. The van der Waals surface area contributed by atoms with Crippen molar-refractivity contribution in [1.29, 1.82) is 0 Å². The fourth-order valence-corrected chi connectivity index (χ4v) is 2.14. The summed E-state index contributed by atoms with van der Waals surface area (Å²) in [6.45, 7) is 5.60. The van der Waals surface area contributed by atoms with Gasteiger partial charge in [0.05, 0.1) is 0 Å². The number of nitrogens with one attached hydrogen (secondary N) is 2. The van der Waals surface area contributed by atoms with E-state index in [1.165, 1.54) is 0 Å². The van der Waals surface area contributed by atoms with Crippen LogP contribution in [0.25, 0.3) is 10.8 Å². The summed E-state index contributed by atoms with van der Waals surface area (Å²) in [5.41, 5.74) is 0.223. The molecule has 2 amide bonds. The minimum absolute atomic E-state index is 0.155. The molecule has 0 aromatic heterocycles. The van der Waals surface area contributed by atoms with Crippen LogP contribution in [-0.4, -0.2) is 24.1 Å². The van der Waals surface area contributed by atoms with Crippen LogP contribution in [0.3, 0.4) is 0 Å². The van der Waals surface area contributed by atoms with Crippen LogP contribution < -0.4 is 10.6 Å². The predicted molar refractivity (Wildman–Crippen MR) is 91.4 cm³/mol. The van der Waals surface area contributed by atoms with Crippen LogP contribution in [0.2, 0.25) is 0 Å². The number of benzene rings is 2. The maximum Gasteiger partial charge on any atom is 0.407 e. The Kier molecular flexibility index (Phi) is 5.21. The molecule has 2 aromatic carbocycles. The van der Waals surface area contributed by atoms with Crippen LogP contribution >= 0.6 is 0 Å². The summed E-state index contributed by atoms with van der Waals surface area (Å²) in [5.74, 6) is -0.155. The standard InChI is InChI=1S/C18H22N2O3/c1-18(2,3)23-17(22)19-12-11-16(21)20-15-10-6-8-13-7-4-5-9-14(13)15/h4-10H,11-12H2,1-3H3,(H,19,22)(H,20,21). The molecule has 0 aliphatic carbocycles. The van der Waals surface area contributed by atoms with E-state index in [0.29, 0.717) is 0 Å². The first-order valence-electron chi connectivity index (χ1n) is 7.59. The van der Waals surface area contributed by atoms with E-state index in [4.69, 9.17) is 4.74 Å². The molecule has 0 atom stereocenters. The van der Waals surface area contributed by atoms with E-state index >= 15 is 0 Å². The molecule has 0 saturated heterocycles. The second-order valence-corrected chi connectivity index (χ2v) is 6.25. The van der Waals surface area contributed by atoms with Crippen molar-refractivity contribution < 1.29 is 14.3 Å². The molecule has 0 aliphatic heterocycles. The lowest BCUT2D eigenvalue weighted by molar-refractivity contribution is -0.116. The molecular weight excluding hydrogens is 292 g/mol. The minimum atomic E-state index is -0.546. The highest BCUT2D eigenvalue weighted by atomic mass is 16.6. The van der Waals surface area contributed by atoms with Gasteiger partial charge in [0.1, 0.15) is 5.60 Å². The number of carbonyl (C=O) groups is 2. The smallest absolute Gasteiger partial charge is 0.407 e. The fraction of sp³-hybridized carbons (Fsp3) is 0.333. The average Bonchev–Trinajstić information content (AvgIpc) is 2.45. The van der Waals surface area contributed by atoms with Gasteiger partial charge in [0.15, 0.2) is 0 Å². The van der Waals surface area contributed by atoms with Crippen LogP contribution in [0.1, 0.15) is 27.2 Å². The van der Waals surface area contributed by atoms with Crippen molar-refractivity contribution >= 4 is 28.5 Å². The lowest BCUT2D eigenvalue weighted by Crippen LogP contribution is -2.34. The van der Waals surface area contributed by atoms with Crippen molar-refractivity contribution in [3.05, 3.63) is 42.5 Å². The fourth-order valence-electron chi connectivity index (χ4n) is 2.14. The summed E-state index contributed by atoms with van der Waals surface area (Å²) < 4.78 is 5.11. The van der Waals surface area contributed by atoms with Gasteiger partial charge >= 0.3 is 6.09 Å². The Labute approximate surface area is 136 Å². The van der Waals surface area contributed by atoms with Gasteiger partial charge in [0.2, 0.25) is 5.91 Å². The summed E-state index contributed by atoms with van der Waals surface area (Å²) in [7, 11) is 0. The van der Waals surface area contributed by atoms with E-state index in [1.807, 2.05) is 42.5 Å². The highest BCUT2D eigenvalue weighted by Gasteiger charge is 2.16. The molecule has 0 radical (unpaired) electrons. The molecule has 0 spiro atoms. The van der Waals surface area contributed by atoms with Gasteiger partial charge in [0, 0.05) is 24.0 Å². The summed E-state index contributed by atoms with van der Waals surface area (Å²) in [4.78, 5) is 23.5. The molecule has 0 aliphatic rings. The van der Waals surface area contributed by atoms with E-state index in [0.717, 1.165) is 16.5 Å². The quantitative estimate of drug-likeness (QED) is 0.904. The molecule has 2 aromatic rings. The normalized spacial score (nSPS) is 11.1. The number of ether oxygens (including phenoxy) is 1. The molecule has 0 fully saturated rings. The lowest BCUT2D eigenvalue weighted by atomic mass is 10.1. The zero-order valence-corrected chi connectivity index (χ0v) is 13.7. The molecule has 0 unspecified atom stereocenters. The van der Waals surface area contributed by atoms with E-state index in [2.05, 4.69) is 10.6 Å². The third-order valence-corrected chi connectivity index (χ3v) is 3.08. The zero-order chi connectivity index (χ0) is 16.9. The molecule has 5 nitrogen and oxygen atoms in total. The van der Waals surface area contributed by atoms with Crippen LogP contribution in [0.4, 0.5) is 10.5 Å². The maximum absolute atomic E-state index is 12.0. The number of hydrogen-bond acceptors (Lipinski definition) is 3. The Balaban J connectivity index is 1.86. The molecule has 0 heterocycles. The van der Waals surface area contributed by atoms with E-state index < -0.39 is 11.7 Å². The predicted octanol–water partition coefficient (Wildman–Crippen LogP) is 3.69. The molecule has 122 valence electrons. The average molecular weight is 314 g/mol. The van der Waals surface area contributed by atoms with Gasteiger partial charge in [0.25, 0.3) is 0 Å². The Morgan fingerprint density at radius 3 is 2.48 bits per heavy atom. The Morgan fingerprint density at radius 1 is 1.04 bits per heavy atom. The first-order valence-corrected chi connectivity index (χ1v) is 7.59. The van der Waals surface area contributed by atoms with Gasteiger partial charge in [-0.15, -0.1) is 0 Å².